The number of carbonyl (C=O) groups is 2. The Kier molecular flexibility index (Phi) is 14.4. The third-order valence-corrected chi connectivity index (χ3v) is 6.75. The summed E-state index contributed by atoms with van der Waals surface area (Å²) in [6, 6.07) is 7.12. The van der Waals surface area contributed by atoms with Gasteiger partial charge in [0.1, 0.15) is 0 Å². The molecule has 0 aromatic heterocycles. The van der Waals surface area contributed by atoms with Gasteiger partial charge in [0.2, 0.25) is 6.29 Å². The molecule has 40 heavy (non-hydrogen) atoms. The van der Waals surface area contributed by atoms with Gasteiger partial charge in [-0.25, -0.2) is 4.79 Å². The SMILES string of the molecule is CCO[C@@H]1OC(C(=O)N2CCOCCOCCOCCOCC2)=C[C@H](c2ccc(C(=O)OC)cc2)[C@H]1CCCO. The predicted octanol–water partition coefficient (Wildman–Crippen LogP) is 2.13. The van der Waals surface area contributed by atoms with Gasteiger partial charge >= 0.3 is 5.97 Å². The lowest BCUT2D eigenvalue weighted by Gasteiger charge is -2.38. The molecule has 1 amide bonds. The van der Waals surface area contributed by atoms with E-state index in [1.165, 1.54) is 7.11 Å². The van der Waals surface area contributed by atoms with Crippen LogP contribution in [0, 0.1) is 5.92 Å². The average Bonchev–Trinajstić information content (AvgIpc) is 2.99. The number of hydrogen-bond acceptors (Lipinski definition) is 10. The van der Waals surface area contributed by atoms with Crippen molar-refractivity contribution < 1.29 is 47.9 Å². The summed E-state index contributed by atoms with van der Waals surface area (Å²) < 4.78 is 39.3. The second-order valence-electron chi connectivity index (χ2n) is 9.38. The van der Waals surface area contributed by atoms with E-state index in [1.54, 1.807) is 17.0 Å². The molecule has 1 aromatic rings. The zero-order chi connectivity index (χ0) is 28.6. The fourth-order valence-electron chi connectivity index (χ4n) is 4.68. The molecule has 11 nitrogen and oxygen atoms in total. The van der Waals surface area contributed by atoms with Gasteiger partial charge in [-0.1, -0.05) is 12.1 Å². The van der Waals surface area contributed by atoms with Crippen molar-refractivity contribution in [3.8, 4) is 0 Å². The van der Waals surface area contributed by atoms with Crippen LogP contribution in [-0.4, -0.2) is 114 Å². The van der Waals surface area contributed by atoms with E-state index in [4.69, 9.17) is 33.2 Å². The van der Waals surface area contributed by atoms with E-state index >= 15 is 0 Å². The number of carbonyl (C=O) groups excluding carboxylic acids is 2. The topological polar surface area (TPSA) is 122 Å². The zero-order valence-corrected chi connectivity index (χ0v) is 23.6. The van der Waals surface area contributed by atoms with Crippen LogP contribution in [0.15, 0.2) is 36.1 Å². The summed E-state index contributed by atoms with van der Waals surface area (Å²) in [6.07, 6.45) is 2.32. The van der Waals surface area contributed by atoms with Gasteiger partial charge in [0, 0.05) is 38.1 Å². The molecule has 2 aliphatic heterocycles. The fraction of sp³-hybridized carbons (Fsp3) is 0.655. The second kappa shape index (κ2) is 18.0. The normalized spacial score (nSPS) is 23.7. The average molecular weight is 566 g/mol. The summed E-state index contributed by atoms with van der Waals surface area (Å²) in [5.41, 5.74) is 1.34. The largest absolute Gasteiger partial charge is 0.465 e. The molecule has 0 saturated carbocycles. The van der Waals surface area contributed by atoms with Gasteiger partial charge < -0.3 is 43.2 Å². The molecule has 1 aromatic carbocycles. The Labute approximate surface area is 236 Å². The first-order chi connectivity index (χ1) is 19.6. The van der Waals surface area contributed by atoms with Crippen molar-refractivity contribution in [2.45, 2.75) is 32.0 Å². The Morgan fingerprint density at radius 3 is 2.02 bits per heavy atom. The predicted molar refractivity (Wildman–Crippen MR) is 145 cm³/mol. The highest BCUT2D eigenvalue weighted by atomic mass is 16.7. The molecular formula is C29H43NO10. The number of ether oxygens (including phenoxy) is 7. The maximum Gasteiger partial charge on any atom is 0.337 e. The van der Waals surface area contributed by atoms with Gasteiger partial charge in [0.05, 0.1) is 65.5 Å². The minimum atomic E-state index is -0.684. The number of allylic oxidation sites excluding steroid dienone is 1. The van der Waals surface area contributed by atoms with Gasteiger partial charge in [0.15, 0.2) is 5.76 Å². The molecule has 0 radical (unpaired) electrons. The molecule has 1 fully saturated rings. The van der Waals surface area contributed by atoms with Gasteiger partial charge in [0.25, 0.3) is 5.91 Å². The molecule has 2 aliphatic rings. The van der Waals surface area contributed by atoms with Crippen LogP contribution in [0.3, 0.4) is 0 Å². The molecule has 0 spiro atoms. The highest BCUT2D eigenvalue weighted by Crippen LogP contribution is 2.39. The number of hydrogen-bond donors (Lipinski definition) is 1. The smallest absolute Gasteiger partial charge is 0.337 e. The number of methoxy groups -OCH3 is 1. The first kappa shape index (κ1) is 32.0. The Bertz CT molecular complexity index is 906. The molecule has 224 valence electrons. The summed E-state index contributed by atoms with van der Waals surface area (Å²) >= 11 is 0. The summed E-state index contributed by atoms with van der Waals surface area (Å²) in [4.78, 5) is 27.4. The Balaban J connectivity index is 1.85. The lowest BCUT2D eigenvalue weighted by Crippen LogP contribution is -2.42. The number of rotatable bonds is 8. The number of amides is 1. The van der Waals surface area contributed by atoms with Crippen molar-refractivity contribution in [2.75, 3.05) is 86.3 Å². The minimum absolute atomic E-state index is 0.0305. The number of aliphatic hydroxyl groups is 1. The van der Waals surface area contributed by atoms with Crippen LogP contribution in [0.25, 0.3) is 0 Å². The van der Waals surface area contributed by atoms with Gasteiger partial charge in [-0.2, -0.15) is 0 Å². The molecule has 0 bridgehead atoms. The number of esters is 1. The highest BCUT2D eigenvalue weighted by Gasteiger charge is 2.38. The lowest BCUT2D eigenvalue weighted by molar-refractivity contribution is -0.170. The van der Waals surface area contributed by atoms with Crippen LogP contribution in [0.5, 0.6) is 0 Å². The summed E-state index contributed by atoms with van der Waals surface area (Å²) in [7, 11) is 1.34. The van der Waals surface area contributed by atoms with E-state index in [2.05, 4.69) is 0 Å². The summed E-state index contributed by atoms with van der Waals surface area (Å²) in [5.74, 6) is -0.917. The van der Waals surface area contributed by atoms with E-state index in [1.807, 2.05) is 25.1 Å². The van der Waals surface area contributed by atoms with E-state index < -0.39 is 12.3 Å². The highest BCUT2D eigenvalue weighted by molar-refractivity contribution is 5.92. The first-order valence-corrected chi connectivity index (χ1v) is 14.0. The molecule has 0 aliphatic carbocycles. The quantitative estimate of drug-likeness (QED) is 0.469. The Morgan fingerprint density at radius 1 is 0.925 bits per heavy atom. The lowest BCUT2D eigenvalue weighted by atomic mass is 9.80. The minimum Gasteiger partial charge on any atom is -0.465 e. The summed E-state index contributed by atoms with van der Waals surface area (Å²) in [5, 5.41) is 9.54. The van der Waals surface area contributed by atoms with E-state index in [0.29, 0.717) is 91.0 Å². The number of benzene rings is 1. The fourth-order valence-corrected chi connectivity index (χ4v) is 4.68. The van der Waals surface area contributed by atoms with E-state index in [0.717, 1.165) is 5.56 Å². The van der Waals surface area contributed by atoms with Crippen LogP contribution in [0.1, 0.15) is 41.6 Å². The molecule has 3 atom stereocenters. The third kappa shape index (κ3) is 9.83. The van der Waals surface area contributed by atoms with Gasteiger partial charge in [-0.15, -0.1) is 0 Å². The molecule has 2 heterocycles. The van der Waals surface area contributed by atoms with Crippen LogP contribution in [0.2, 0.25) is 0 Å². The molecule has 1 saturated heterocycles. The zero-order valence-electron chi connectivity index (χ0n) is 23.6. The number of nitrogens with zero attached hydrogens (tertiary/aromatic N) is 1. The molecule has 1 N–H and O–H groups in total. The molecular weight excluding hydrogens is 522 g/mol. The third-order valence-electron chi connectivity index (χ3n) is 6.75. The van der Waals surface area contributed by atoms with Gasteiger partial charge in [-0.3, -0.25) is 4.79 Å². The van der Waals surface area contributed by atoms with Crippen molar-refractivity contribution in [2.24, 2.45) is 5.92 Å². The van der Waals surface area contributed by atoms with E-state index in [-0.39, 0.29) is 30.1 Å². The molecule has 0 unspecified atom stereocenters. The van der Waals surface area contributed by atoms with E-state index in [9.17, 15) is 14.7 Å². The van der Waals surface area contributed by atoms with Crippen LogP contribution in [-0.2, 0) is 38.0 Å². The second-order valence-corrected chi connectivity index (χ2v) is 9.38. The van der Waals surface area contributed by atoms with Crippen molar-refractivity contribution >= 4 is 11.9 Å². The van der Waals surface area contributed by atoms with Crippen LogP contribution in [0.4, 0.5) is 0 Å². The maximum absolute atomic E-state index is 13.8. The van der Waals surface area contributed by atoms with Crippen molar-refractivity contribution in [3.63, 3.8) is 0 Å². The van der Waals surface area contributed by atoms with Crippen molar-refractivity contribution in [3.05, 3.63) is 47.2 Å². The first-order valence-electron chi connectivity index (χ1n) is 14.0. The van der Waals surface area contributed by atoms with Crippen molar-refractivity contribution in [1.82, 2.24) is 4.90 Å². The van der Waals surface area contributed by atoms with Gasteiger partial charge in [-0.05, 0) is 43.5 Å². The Morgan fingerprint density at radius 2 is 1.50 bits per heavy atom. The van der Waals surface area contributed by atoms with Crippen LogP contribution < -0.4 is 0 Å². The number of aliphatic hydroxyl groups excluding tert-OH is 1. The molecule has 11 heteroatoms. The standard InChI is InChI=1S/C29H43NO10/c1-3-39-29-24(5-4-12-31)25(22-6-8-23(9-7-22)28(33)34-2)21-26(40-29)27(32)30-10-13-35-15-17-37-19-20-38-18-16-36-14-11-30/h6-9,21,24-25,29,31H,3-5,10-20H2,1-2H3/t24-,25-,29-/m1/s1. The molecule has 3 rings (SSSR count). The Hall–Kier alpha value is -2.54. The van der Waals surface area contributed by atoms with Crippen molar-refractivity contribution in [1.29, 1.82) is 0 Å². The van der Waals surface area contributed by atoms with Crippen LogP contribution >= 0.6 is 0 Å². The monoisotopic (exact) mass is 565 g/mol. The maximum atomic E-state index is 13.8. The summed E-state index contributed by atoms with van der Waals surface area (Å²) in [6.45, 7) is 6.39.